The van der Waals surface area contributed by atoms with Crippen molar-refractivity contribution in [2.75, 3.05) is 17.6 Å². The number of amides is 1. The van der Waals surface area contributed by atoms with E-state index in [0.29, 0.717) is 31.6 Å². The summed E-state index contributed by atoms with van der Waals surface area (Å²) in [5.74, 6) is 0.0747. The molecule has 0 aliphatic carbocycles. The second-order valence-corrected chi connectivity index (χ2v) is 10.3. The summed E-state index contributed by atoms with van der Waals surface area (Å²) in [6.07, 6.45) is 1.58. The number of hydrogen-bond donors (Lipinski definition) is 1. The van der Waals surface area contributed by atoms with Gasteiger partial charge in [-0.2, -0.15) is 4.31 Å². The molecule has 3 aromatic rings. The maximum atomic E-state index is 12.6. The fourth-order valence-electron chi connectivity index (χ4n) is 4.07. The largest absolute Gasteiger partial charge is 0.326 e. The number of carbonyl (C=O) groups excluding carboxylic acids is 1. The monoisotopic (exact) mass is 448 g/mol. The average Bonchev–Trinajstić information content (AvgIpc) is 2.79. The molecule has 1 heterocycles. The zero-order chi connectivity index (χ0) is 22.6. The van der Waals surface area contributed by atoms with Gasteiger partial charge in [0, 0.05) is 18.8 Å². The number of nitrogens with zero attached hydrogens (tertiary/aromatic N) is 1. The molecule has 0 radical (unpaired) electrons. The molecule has 32 heavy (non-hydrogen) atoms. The van der Waals surface area contributed by atoms with E-state index in [9.17, 15) is 13.2 Å². The van der Waals surface area contributed by atoms with Crippen LogP contribution in [0.4, 0.5) is 5.69 Å². The third kappa shape index (κ3) is 5.26. The molecule has 1 aliphatic heterocycles. The van der Waals surface area contributed by atoms with E-state index < -0.39 is 10.0 Å². The highest BCUT2D eigenvalue weighted by molar-refractivity contribution is 7.89. The van der Waals surface area contributed by atoms with E-state index in [-0.39, 0.29) is 18.1 Å². The molecule has 6 heteroatoms. The lowest BCUT2D eigenvalue weighted by atomic mass is 10.0. The van der Waals surface area contributed by atoms with Gasteiger partial charge in [-0.3, -0.25) is 4.79 Å². The summed E-state index contributed by atoms with van der Waals surface area (Å²) in [7, 11) is -3.23. The third-order valence-corrected chi connectivity index (χ3v) is 7.77. The highest BCUT2D eigenvalue weighted by Gasteiger charge is 2.26. The molecule has 0 saturated carbocycles. The minimum Gasteiger partial charge on any atom is -0.326 e. The molecule has 0 saturated heterocycles. The number of benzene rings is 3. The number of nitrogens with one attached hydrogen (secondary N) is 1. The van der Waals surface area contributed by atoms with Crippen molar-refractivity contribution >= 4 is 21.6 Å². The number of sulfonamides is 1. The Morgan fingerprint density at radius 1 is 0.938 bits per heavy atom. The Labute approximate surface area is 190 Å². The van der Waals surface area contributed by atoms with Crippen molar-refractivity contribution in [3.8, 4) is 11.1 Å². The first-order valence-electron chi connectivity index (χ1n) is 11.0. The van der Waals surface area contributed by atoms with Gasteiger partial charge in [0.25, 0.3) is 0 Å². The van der Waals surface area contributed by atoms with Gasteiger partial charge in [0.05, 0.1) is 12.2 Å². The van der Waals surface area contributed by atoms with Crippen molar-refractivity contribution in [1.82, 2.24) is 4.31 Å². The van der Waals surface area contributed by atoms with Crippen LogP contribution in [0.25, 0.3) is 11.1 Å². The van der Waals surface area contributed by atoms with Gasteiger partial charge in [0.1, 0.15) is 0 Å². The maximum Gasteiger partial charge on any atom is 0.228 e. The molecular formula is C26H28N2O3S. The topological polar surface area (TPSA) is 66.5 Å². The zero-order valence-corrected chi connectivity index (χ0v) is 19.1. The van der Waals surface area contributed by atoms with E-state index in [1.54, 1.807) is 4.31 Å². The number of anilines is 1. The Kier molecular flexibility index (Phi) is 6.72. The minimum atomic E-state index is -3.23. The van der Waals surface area contributed by atoms with Gasteiger partial charge < -0.3 is 5.32 Å². The van der Waals surface area contributed by atoms with E-state index in [2.05, 4.69) is 17.4 Å². The number of carbonyl (C=O) groups is 1. The summed E-state index contributed by atoms with van der Waals surface area (Å²) in [5, 5.41) is 2.96. The highest BCUT2D eigenvalue weighted by Crippen LogP contribution is 2.25. The molecule has 0 fully saturated rings. The molecule has 0 spiro atoms. The molecule has 0 atom stereocenters. The van der Waals surface area contributed by atoms with E-state index in [1.165, 1.54) is 0 Å². The molecule has 1 N–H and O–H groups in total. The first kappa shape index (κ1) is 22.2. The van der Waals surface area contributed by atoms with Crippen LogP contribution in [0.3, 0.4) is 0 Å². The summed E-state index contributed by atoms with van der Waals surface area (Å²) >= 11 is 0. The second kappa shape index (κ2) is 9.67. The lowest BCUT2D eigenvalue weighted by molar-refractivity contribution is -0.115. The fourth-order valence-corrected chi connectivity index (χ4v) is 5.55. The predicted octanol–water partition coefficient (Wildman–Crippen LogP) is 4.63. The van der Waals surface area contributed by atoms with Crippen molar-refractivity contribution in [3.63, 3.8) is 0 Å². The van der Waals surface area contributed by atoms with Crippen LogP contribution >= 0.6 is 0 Å². The molecule has 0 aromatic heterocycles. The summed E-state index contributed by atoms with van der Waals surface area (Å²) in [6.45, 7) is 2.75. The average molecular weight is 449 g/mol. The minimum absolute atomic E-state index is 0.0938. The zero-order valence-electron chi connectivity index (χ0n) is 18.3. The van der Waals surface area contributed by atoms with Gasteiger partial charge in [-0.05, 0) is 52.8 Å². The Bertz CT molecular complexity index is 1190. The number of fused-ring (bicyclic) bond motifs is 1. The van der Waals surface area contributed by atoms with Gasteiger partial charge in [-0.15, -0.1) is 0 Å². The van der Waals surface area contributed by atoms with Crippen LogP contribution in [0.1, 0.15) is 30.0 Å². The van der Waals surface area contributed by atoms with Gasteiger partial charge in [-0.25, -0.2) is 8.42 Å². The lowest BCUT2D eigenvalue weighted by Crippen LogP contribution is -2.37. The molecule has 3 aromatic carbocycles. The van der Waals surface area contributed by atoms with E-state index in [1.807, 2.05) is 67.6 Å². The van der Waals surface area contributed by atoms with Crippen molar-refractivity contribution in [1.29, 1.82) is 0 Å². The Morgan fingerprint density at radius 2 is 1.66 bits per heavy atom. The summed E-state index contributed by atoms with van der Waals surface area (Å²) in [5.41, 5.74) is 6.00. The van der Waals surface area contributed by atoms with E-state index in [0.717, 1.165) is 27.8 Å². The van der Waals surface area contributed by atoms with E-state index in [4.69, 9.17) is 0 Å². The molecular weight excluding hydrogens is 420 g/mol. The summed E-state index contributed by atoms with van der Waals surface area (Å²) < 4.78 is 26.4. The predicted molar refractivity (Wildman–Crippen MR) is 129 cm³/mol. The number of hydrogen-bond acceptors (Lipinski definition) is 3. The van der Waals surface area contributed by atoms with Crippen LogP contribution in [0.2, 0.25) is 0 Å². The Balaban J connectivity index is 1.40. The normalized spacial score (nSPS) is 14.0. The third-order valence-electron chi connectivity index (χ3n) is 5.75. The van der Waals surface area contributed by atoms with Gasteiger partial charge in [0.15, 0.2) is 0 Å². The molecule has 0 bridgehead atoms. The Hall–Kier alpha value is -2.96. The maximum absolute atomic E-state index is 12.6. The highest BCUT2D eigenvalue weighted by atomic mass is 32.2. The van der Waals surface area contributed by atoms with Crippen molar-refractivity contribution < 1.29 is 13.2 Å². The van der Waals surface area contributed by atoms with Crippen molar-refractivity contribution in [3.05, 3.63) is 89.5 Å². The molecule has 0 unspecified atom stereocenters. The van der Waals surface area contributed by atoms with Crippen LogP contribution < -0.4 is 5.32 Å². The van der Waals surface area contributed by atoms with Crippen LogP contribution in [-0.2, 0) is 34.2 Å². The fraction of sp³-hybridized carbons (Fsp3) is 0.269. The van der Waals surface area contributed by atoms with Crippen LogP contribution in [0.5, 0.6) is 0 Å². The van der Waals surface area contributed by atoms with Crippen molar-refractivity contribution in [2.24, 2.45) is 0 Å². The lowest BCUT2D eigenvalue weighted by Gasteiger charge is -2.28. The van der Waals surface area contributed by atoms with Crippen LogP contribution in [0.15, 0.2) is 72.8 Å². The first-order valence-corrected chi connectivity index (χ1v) is 12.6. The van der Waals surface area contributed by atoms with Crippen molar-refractivity contribution in [2.45, 2.75) is 32.7 Å². The molecule has 1 aliphatic rings. The van der Waals surface area contributed by atoms with Gasteiger partial charge >= 0.3 is 0 Å². The smallest absolute Gasteiger partial charge is 0.228 e. The second-order valence-electron chi connectivity index (χ2n) is 8.17. The van der Waals surface area contributed by atoms with Crippen LogP contribution in [0, 0.1) is 0 Å². The van der Waals surface area contributed by atoms with Gasteiger partial charge in [-0.1, -0.05) is 67.6 Å². The summed E-state index contributed by atoms with van der Waals surface area (Å²) in [6, 6.07) is 23.9. The molecule has 1 amide bonds. The van der Waals surface area contributed by atoms with Crippen LogP contribution in [-0.4, -0.2) is 30.9 Å². The molecule has 4 rings (SSSR count). The molecule has 5 nitrogen and oxygen atoms in total. The quantitative estimate of drug-likeness (QED) is 0.573. The standard InChI is InChI=1S/C26H28N2O3S/c1-2-16-32(30,31)28-15-14-23-12-13-25(18-24(23)19-28)27-26(29)17-20-8-10-22(11-9-20)21-6-4-3-5-7-21/h3-13,18H,2,14-17,19H2,1H3,(H,27,29). The first-order chi connectivity index (χ1) is 15.4. The Morgan fingerprint density at radius 3 is 2.38 bits per heavy atom. The molecule has 166 valence electrons. The number of rotatable bonds is 7. The SMILES string of the molecule is CCCS(=O)(=O)N1CCc2ccc(NC(=O)Cc3ccc(-c4ccccc4)cc3)cc2C1. The van der Waals surface area contributed by atoms with Gasteiger partial charge in [0.2, 0.25) is 15.9 Å². The van der Waals surface area contributed by atoms with E-state index >= 15 is 0 Å². The summed E-state index contributed by atoms with van der Waals surface area (Å²) in [4.78, 5) is 12.6.